The number of nitrogens with zero attached hydrogens (tertiary/aromatic N) is 7. The summed E-state index contributed by atoms with van der Waals surface area (Å²) in [6.07, 6.45) is 6.72. The number of aromatic nitrogens is 7. The van der Waals surface area contributed by atoms with Gasteiger partial charge in [-0.05, 0) is 17.7 Å². The molecule has 0 aliphatic heterocycles. The van der Waals surface area contributed by atoms with Crippen molar-refractivity contribution in [3.8, 4) is 5.75 Å². The molecular formula is C20H16N8O. The Balaban J connectivity index is 1.45. The lowest BCUT2D eigenvalue weighted by Crippen LogP contribution is -2.04. The zero-order valence-corrected chi connectivity index (χ0v) is 15.5. The Morgan fingerprint density at radius 2 is 2.03 bits per heavy atom. The smallest absolute Gasteiger partial charge is 0.221 e. The average Bonchev–Trinajstić information content (AvgIpc) is 3.16. The van der Waals surface area contributed by atoms with E-state index in [0.29, 0.717) is 29.4 Å². The number of fused-ring (bicyclic) bond motifs is 2. The second-order valence-electron chi connectivity index (χ2n) is 6.42. The van der Waals surface area contributed by atoms with Crippen LogP contribution in [0.25, 0.3) is 22.2 Å². The minimum absolute atomic E-state index is 0.484. The first-order chi connectivity index (χ1) is 14.3. The van der Waals surface area contributed by atoms with Crippen molar-refractivity contribution in [1.29, 1.82) is 0 Å². The molecule has 5 aromatic rings. The fraction of sp³-hybridized carbons (Fsp3) is 0.100. The van der Waals surface area contributed by atoms with E-state index in [-0.39, 0.29) is 0 Å². The highest BCUT2D eigenvalue weighted by Crippen LogP contribution is 2.20. The van der Waals surface area contributed by atoms with Gasteiger partial charge in [-0.25, -0.2) is 14.6 Å². The molecule has 0 atom stereocenters. The monoisotopic (exact) mass is 384 g/mol. The highest BCUT2D eigenvalue weighted by atomic mass is 16.5. The summed E-state index contributed by atoms with van der Waals surface area (Å²) in [6.45, 7) is 0.516. The molecule has 0 amide bonds. The maximum Gasteiger partial charge on any atom is 0.221 e. The Morgan fingerprint density at radius 3 is 2.97 bits per heavy atom. The van der Waals surface area contributed by atoms with Gasteiger partial charge >= 0.3 is 0 Å². The lowest BCUT2D eigenvalue weighted by Gasteiger charge is -2.07. The number of hydrogen-bond acceptors (Lipinski definition) is 8. The SMILES string of the molecule is COc1cncc(Nc2cnc3nnn(Cc4ccc5cccnc5c4)c3n2)c1. The van der Waals surface area contributed by atoms with Gasteiger partial charge in [0, 0.05) is 17.6 Å². The molecule has 0 aliphatic rings. The van der Waals surface area contributed by atoms with Gasteiger partial charge in [-0.1, -0.05) is 23.4 Å². The minimum Gasteiger partial charge on any atom is -0.495 e. The van der Waals surface area contributed by atoms with Gasteiger partial charge in [-0.15, -0.1) is 5.10 Å². The van der Waals surface area contributed by atoms with Crippen molar-refractivity contribution in [2.24, 2.45) is 0 Å². The molecular weight excluding hydrogens is 368 g/mol. The summed E-state index contributed by atoms with van der Waals surface area (Å²) in [6, 6.07) is 11.9. The lowest BCUT2D eigenvalue weighted by atomic mass is 10.1. The van der Waals surface area contributed by atoms with Crippen LogP contribution >= 0.6 is 0 Å². The Hall–Kier alpha value is -4.14. The summed E-state index contributed by atoms with van der Waals surface area (Å²) < 4.78 is 6.92. The van der Waals surface area contributed by atoms with Gasteiger partial charge < -0.3 is 10.1 Å². The molecule has 0 radical (unpaired) electrons. The van der Waals surface area contributed by atoms with Crippen LogP contribution in [0.2, 0.25) is 0 Å². The summed E-state index contributed by atoms with van der Waals surface area (Å²) in [5, 5.41) is 12.6. The van der Waals surface area contributed by atoms with Crippen LogP contribution < -0.4 is 10.1 Å². The van der Waals surface area contributed by atoms with Crippen LogP contribution in [0.4, 0.5) is 11.5 Å². The summed E-state index contributed by atoms with van der Waals surface area (Å²) in [5.74, 6) is 1.22. The van der Waals surface area contributed by atoms with Crippen LogP contribution in [0.5, 0.6) is 5.75 Å². The Morgan fingerprint density at radius 1 is 1.07 bits per heavy atom. The van der Waals surface area contributed by atoms with Crippen LogP contribution in [0.15, 0.2) is 61.2 Å². The predicted molar refractivity (Wildman–Crippen MR) is 108 cm³/mol. The molecule has 29 heavy (non-hydrogen) atoms. The summed E-state index contributed by atoms with van der Waals surface area (Å²) in [4.78, 5) is 17.5. The molecule has 0 saturated carbocycles. The van der Waals surface area contributed by atoms with Gasteiger partial charge in [-0.3, -0.25) is 9.97 Å². The van der Waals surface area contributed by atoms with Gasteiger partial charge in [0.25, 0.3) is 0 Å². The zero-order valence-electron chi connectivity index (χ0n) is 15.5. The summed E-state index contributed by atoms with van der Waals surface area (Å²) >= 11 is 0. The van der Waals surface area contributed by atoms with Gasteiger partial charge in [0.1, 0.15) is 5.75 Å². The van der Waals surface area contributed by atoms with Crippen molar-refractivity contribution in [2.45, 2.75) is 6.54 Å². The van der Waals surface area contributed by atoms with E-state index in [1.807, 2.05) is 30.3 Å². The largest absolute Gasteiger partial charge is 0.495 e. The number of ether oxygens (including phenoxy) is 1. The van der Waals surface area contributed by atoms with Crippen LogP contribution in [-0.4, -0.2) is 42.0 Å². The Bertz CT molecular complexity index is 1320. The van der Waals surface area contributed by atoms with Gasteiger partial charge in [0.05, 0.1) is 43.4 Å². The minimum atomic E-state index is 0.484. The molecule has 0 aliphatic carbocycles. The number of pyridine rings is 2. The number of nitrogens with one attached hydrogen (secondary N) is 1. The van der Waals surface area contributed by atoms with Crippen molar-refractivity contribution < 1.29 is 4.74 Å². The number of methoxy groups -OCH3 is 1. The maximum atomic E-state index is 5.20. The van der Waals surface area contributed by atoms with E-state index in [0.717, 1.165) is 22.2 Å². The van der Waals surface area contributed by atoms with Gasteiger partial charge in [-0.2, -0.15) is 0 Å². The van der Waals surface area contributed by atoms with E-state index < -0.39 is 0 Å². The van der Waals surface area contributed by atoms with Crippen molar-refractivity contribution >= 4 is 33.7 Å². The van der Waals surface area contributed by atoms with Gasteiger partial charge in [0.15, 0.2) is 11.5 Å². The summed E-state index contributed by atoms with van der Waals surface area (Å²) in [5.41, 5.74) is 3.82. The predicted octanol–water partition coefficient (Wildman–Crippen LogP) is 2.97. The van der Waals surface area contributed by atoms with Gasteiger partial charge in [0.2, 0.25) is 5.65 Å². The molecule has 0 spiro atoms. The third-order valence-corrected chi connectivity index (χ3v) is 4.45. The molecule has 9 heteroatoms. The molecule has 9 nitrogen and oxygen atoms in total. The molecule has 0 bridgehead atoms. The van der Waals surface area contributed by atoms with Crippen LogP contribution in [-0.2, 0) is 6.54 Å². The number of rotatable bonds is 5. The highest BCUT2D eigenvalue weighted by Gasteiger charge is 2.10. The fourth-order valence-electron chi connectivity index (χ4n) is 3.05. The summed E-state index contributed by atoms with van der Waals surface area (Å²) in [7, 11) is 1.60. The Labute approximate surface area is 165 Å². The third kappa shape index (κ3) is 3.41. The third-order valence-electron chi connectivity index (χ3n) is 4.45. The van der Waals surface area contributed by atoms with E-state index in [4.69, 9.17) is 4.74 Å². The molecule has 0 saturated heterocycles. The molecule has 0 fully saturated rings. The van der Waals surface area contributed by atoms with E-state index in [2.05, 4.69) is 41.6 Å². The van der Waals surface area contributed by atoms with E-state index >= 15 is 0 Å². The average molecular weight is 384 g/mol. The normalized spacial score (nSPS) is 11.1. The highest BCUT2D eigenvalue weighted by molar-refractivity contribution is 5.79. The number of benzene rings is 1. The van der Waals surface area contributed by atoms with Crippen molar-refractivity contribution in [1.82, 2.24) is 34.9 Å². The number of anilines is 2. The van der Waals surface area contributed by atoms with E-state index in [9.17, 15) is 0 Å². The molecule has 4 aromatic heterocycles. The standard InChI is InChI=1S/C20H16N8O/c1-29-16-8-15(9-21-10-16)24-18-11-23-19-20(25-18)28(27-26-19)12-13-4-5-14-3-2-6-22-17(14)7-13/h2-11H,12H2,1H3,(H,24,25). The van der Waals surface area contributed by atoms with E-state index in [1.165, 1.54) is 0 Å². The van der Waals surface area contributed by atoms with Crippen molar-refractivity contribution in [3.05, 3.63) is 66.7 Å². The Kier molecular flexibility index (Phi) is 4.17. The van der Waals surface area contributed by atoms with Crippen molar-refractivity contribution in [2.75, 3.05) is 12.4 Å². The first kappa shape index (κ1) is 17.0. The molecule has 1 aromatic carbocycles. The van der Waals surface area contributed by atoms with Crippen LogP contribution in [0.3, 0.4) is 0 Å². The van der Waals surface area contributed by atoms with Crippen molar-refractivity contribution in [3.63, 3.8) is 0 Å². The molecule has 4 heterocycles. The second-order valence-corrected chi connectivity index (χ2v) is 6.42. The van der Waals surface area contributed by atoms with Crippen LogP contribution in [0.1, 0.15) is 5.56 Å². The molecule has 5 rings (SSSR count). The second kappa shape index (κ2) is 7.12. The topological polar surface area (TPSA) is 104 Å². The molecule has 0 unspecified atom stereocenters. The zero-order chi connectivity index (χ0) is 19.6. The maximum absolute atomic E-state index is 5.20. The lowest BCUT2D eigenvalue weighted by molar-refractivity contribution is 0.413. The van der Waals surface area contributed by atoms with E-state index in [1.54, 1.807) is 36.6 Å². The number of hydrogen-bond donors (Lipinski definition) is 1. The first-order valence-corrected chi connectivity index (χ1v) is 8.94. The first-order valence-electron chi connectivity index (χ1n) is 8.94. The quantitative estimate of drug-likeness (QED) is 0.493. The van der Waals surface area contributed by atoms with Crippen LogP contribution in [0, 0.1) is 0 Å². The molecule has 142 valence electrons. The fourth-order valence-corrected chi connectivity index (χ4v) is 3.05. The molecule has 1 N–H and O–H groups in total.